The topological polar surface area (TPSA) is 102 Å². The lowest BCUT2D eigenvalue weighted by Crippen LogP contribution is -2.45. The SMILES string of the molecule is CCCCN(CCCC)C(=O)c1cc(C)n(-c2ccc(-c3ccc(Cl)c(C(=O)N(C)C)c3)cc2C(O)N2Cc3ccccc3C[C@H]2CO)n1. The molecule has 1 unspecified atom stereocenters. The summed E-state index contributed by atoms with van der Waals surface area (Å²) >= 11 is 6.45. The molecule has 3 aromatic carbocycles. The van der Waals surface area contributed by atoms with E-state index in [1.807, 2.05) is 59.2 Å². The number of benzene rings is 3. The van der Waals surface area contributed by atoms with Gasteiger partial charge in [0.1, 0.15) is 6.23 Å². The fourth-order valence-corrected chi connectivity index (χ4v) is 6.68. The highest BCUT2D eigenvalue weighted by Gasteiger charge is 2.33. The second-order valence-electron chi connectivity index (χ2n) is 13.1. The van der Waals surface area contributed by atoms with Crippen LogP contribution in [0.1, 0.15) is 89.0 Å². The Hall–Kier alpha value is -4.02. The third-order valence-corrected chi connectivity index (χ3v) is 9.68. The minimum absolute atomic E-state index is 0.102. The zero-order chi connectivity index (χ0) is 35.2. The molecule has 1 aromatic heterocycles. The number of fused-ring (bicyclic) bond motifs is 1. The monoisotopic (exact) mass is 685 g/mol. The van der Waals surface area contributed by atoms with Crippen LogP contribution in [-0.4, -0.2) is 86.3 Å². The first-order valence-corrected chi connectivity index (χ1v) is 17.6. The fraction of sp³-hybridized carbons (Fsp3) is 0.410. The molecular weight excluding hydrogens is 638 g/mol. The number of aliphatic hydroxyl groups excluding tert-OH is 2. The Morgan fingerprint density at radius 2 is 1.59 bits per heavy atom. The molecule has 0 fully saturated rings. The molecule has 5 rings (SSSR count). The molecule has 49 heavy (non-hydrogen) atoms. The standard InChI is InChI=1S/C39H48ClN5O4/c1-6-8-18-43(19-9-7-2)39(49)35-20-26(3)45(41-35)36-17-15-29(28-14-16-34(40)32(22-28)37(47)42(4)5)23-33(36)38(48)44-24-30-13-11-10-12-27(30)21-31(44)25-46/h10-17,20,22-23,31,38,46,48H,6-9,18-19,21,24-25H2,1-5H3/t31-,38?/m0/s1. The van der Waals surface area contributed by atoms with Gasteiger partial charge < -0.3 is 20.0 Å². The molecule has 9 nitrogen and oxygen atoms in total. The Labute approximate surface area is 294 Å². The molecule has 2 atom stereocenters. The van der Waals surface area contributed by atoms with Crippen LogP contribution in [0.3, 0.4) is 0 Å². The normalized spacial score (nSPS) is 15.1. The van der Waals surface area contributed by atoms with Crippen molar-refractivity contribution in [3.8, 4) is 16.8 Å². The molecule has 0 saturated carbocycles. The second-order valence-corrected chi connectivity index (χ2v) is 13.5. The van der Waals surface area contributed by atoms with Crippen molar-refractivity contribution in [1.29, 1.82) is 0 Å². The number of halogens is 1. The number of aromatic nitrogens is 2. The highest BCUT2D eigenvalue weighted by atomic mass is 35.5. The molecule has 0 radical (unpaired) electrons. The molecule has 260 valence electrons. The van der Waals surface area contributed by atoms with E-state index in [0.717, 1.165) is 53.6 Å². The molecule has 0 saturated heterocycles. The molecule has 1 aliphatic heterocycles. The van der Waals surface area contributed by atoms with E-state index in [9.17, 15) is 19.8 Å². The fourth-order valence-electron chi connectivity index (χ4n) is 6.48. The van der Waals surface area contributed by atoms with Crippen molar-refractivity contribution in [1.82, 2.24) is 24.5 Å². The number of nitrogens with zero attached hydrogens (tertiary/aromatic N) is 5. The molecule has 1 aliphatic rings. The average molecular weight is 686 g/mol. The number of hydrogen-bond acceptors (Lipinski definition) is 6. The van der Waals surface area contributed by atoms with Crippen LogP contribution in [0.15, 0.2) is 66.7 Å². The molecule has 0 spiro atoms. The summed E-state index contributed by atoms with van der Waals surface area (Å²) < 4.78 is 1.72. The minimum atomic E-state index is -1.12. The predicted octanol–water partition coefficient (Wildman–Crippen LogP) is 6.66. The van der Waals surface area contributed by atoms with Crippen LogP contribution in [0.5, 0.6) is 0 Å². The van der Waals surface area contributed by atoms with Crippen molar-refractivity contribution in [3.05, 3.63) is 105 Å². The first kappa shape index (κ1) is 36.3. The average Bonchev–Trinajstić information content (AvgIpc) is 3.51. The van der Waals surface area contributed by atoms with Crippen molar-refractivity contribution >= 4 is 23.4 Å². The molecule has 4 aromatic rings. The largest absolute Gasteiger partial charge is 0.395 e. The summed E-state index contributed by atoms with van der Waals surface area (Å²) in [5.74, 6) is -0.313. The van der Waals surface area contributed by atoms with Gasteiger partial charge in [0.15, 0.2) is 5.69 Å². The molecule has 0 aliphatic carbocycles. The van der Waals surface area contributed by atoms with Gasteiger partial charge in [0.2, 0.25) is 0 Å². The molecule has 2 amide bonds. The van der Waals surface area contributed by atoms with E-state index in [0.29, 0.717) is 53.6 Å². The Balaban J connectivity index is 1.61. The summed E-state index contributed by atoms with van der Waals surface area (Å²) in [6.07, 6.45) is 3.30. The third kappa shape index (κ3) is 7.91. The lowest BCUT2D eigenvalue weighted by molar-refractivity contribution is -0.0529. The minimum Gasteiger partial charge on any atom is -0.395 e. The van der Waals surface area contributed by atoms with Crippen molar-refractivity contribution in [2.45, 2.75) is 71.7 Å². The quantitative estimate of drug-likeness (QED) is 0.163. The van der Waals surface area contributed by atoms with Crippen LogP contribution in [0, 0.1) is 6.92 Å². The van der Waals surface area contributed by atoms with E-state index in [1.165, 1.54) is 4.90 Å². The summed E-state index contributed by atoms with van der Waals surface area (Å²) in [5, 5.41) is 27.9. The summed E-state index contributed by atoms with van der Waals surface area (Å²) in [6, 6.07) is 20.6. The highest BCUT2D eigenvalue weighted by Crippen LogP contribution is 2.36. The summed E-state index contributed by atoms with van der Waals surface area (Å²) in [5.41, 5.74) is 6.45. The van der Waals surface area contributed by atoms with Gasteiger partial charge in [0.25, 0.3) is 11.8 Å². The van der Waals surface area contributed by atoms with Crippen molar-refractivity contribution < 1.29 is 19.8 Å². The Morgan fingerprint density at radius 1 is 0.939 bits per heavy atom. The Kier molecular flexibility index (Phi) is 11.9. The third-order valence-electron chi connectivity index (χ3n) is 9.35. The predicted molar refractivity (Wildman–Crippen MR) is 194 cm³/mol. The van der Waals surface area contributed by atoms with Gasteiger partial charge in [0, 0.05) is 51.0 Å². The van der Waals surface area contributed by atoms with Gasteiger partial charge in [-0.2, -0.15) is 5.10 Å². The number of carbonyl (C=O) groups is 2. The van der Waals surface area contributed by atoms with Crippen LogP contribution in [0.4, 0.5) is 0 Å². The molecule has 10 heteroatoms. The van der Waals surface area contributed by atoms with Crippen molar-refractivity contribution in [2.24, 2.45) is 0 Å². The van der Waals surface area contributed by atoms with E-state index >= 15 is 0 Å². The molecule has 0 bridgehead atoms. The lowest BCUT2D eigenvalue weighted by atomic mass is 9.92. The first-order chi connectivity index (χ1) is 23.6. The van der Waals surface area contributed by atoms with E-state index in [-0.39, 0.29) is 24.5 Å². The summed E-state index contributed by atoms with van der Waals surface area (Å²) in [6.45, 7) is 7.81. The van der Waals surface area contributed by atoms with Crippen LogP contribution in [0.2, 0.25) is 5.02 Å². The first-order valence-electron chi connectivity index (χ1n) is 17.2. The summed E-state index contributed by atoms with van der Waals surface area (Å²) in [4.78, 5) is 32.0. The number of unbranched alkanes of at least 4 members (excludes halogenated alkanes) is 2. The van der Waals surface area contributed by atoms with Crippen LogP contribution in [-0.2, 0) is 13.0 Å². The van der Waals surface area contributed by atoms with Gasteiger partial charge in [-0.3, -0.25) is 14.5 Å². The van der Waals surface area contributed by atoms with Crippen LogP contribution < -0.4 is 0 Å². The maximum atomic E-state index is 13.7. The van der Waals surface area contributed by atoms with Gasteiger partial charge in [-0.25, -0.2) is 4.68 Å². The van der Waals surface area contributed by atoms with Gasteiger partial charge in [-0.05, 0) is 78.8 Å². The van der Waals surface area contributed by atoms with Crippen molar-refractivity contribution in [3.63, 3.8) is 0 Å². The molecular formula is C39H48ClN5O4. The van der Waals surface area contributed by atoms with E-state index in [4.69, 9.17) is 16.7 Å². The molecule has 2 heterocycles. The maximum absolute atomic E-state index is 13.7. The van der Waals surface area contributed by atoms with Crippen molar-refractivity contribution in [2.75, 3.05) is 33.8 Å². The van der Waals surface area contributed by atoms with Gasteiger partial charge in [-0.1, -0.05) is 74.7 Å². The van der Waals surface area contributed by atoms with Gasteiger partial charge >= 0.3 is 0 Å². The summed E-state index contributed by atoms with van der Waals surface area (Å²) in [7, 11) is 3.36. The van der Waals surface area contributed by atoms with E-state index < -0.39 is 6.23 Å². The smallest absolute Gasteiger partial charge is 0.274 e. The maximum Gasteiger partial charge on any atom is 0.274 e. The van der Waals surface area contributed by atoms with Gasteiger partial charge in [-0.15, -0.1) is 0 Å². The number of aliphatic hydroxyl groups is 2. The number of rotatable bonds is 13. The molecule has 2 N–H and O–H groups in total. The second kappa shape index (κ2) is 16.1. The van der Waals surface area contributed by atoms with E-state index in [1.54, 1.807) is 30.9 Å². The highest BCUT2D eigenvalue weighted by molar-refractivity contribution is 6.34. The number of carbonyl (C=O) groups excluding carboxylic acids is 2. The number of hydrogen-bond donors (Lipinski definition) is 2. The number of amides is 2. The van der Waals surface area contributed by atoms with E-state index in [2.05, 4.69) is 26.0 Å². The zero-order valence-corrected chi connectivity index (χ0v) is 30.0. The lowest BCUT2D eigenvalue weighted by Gasteiger charge is -2.39. The Morgan fingerprint density at radius 3 is 2.24 bits per heavy atom. The number of aryl methyl sites for hydroxylation is 1. The van der Waals surface area contributed by atoms with Gasteiger partial charge in [0.05, 0.1) is 22.9 Å². The Bertz CT molecular complexity index is 1780. The van der Waals surface area contributed by atoms with Crippen LogP contribution >= 0.6 is 11.6 Å². The van der Waals surface area contributed by atoms with Crippen LogP contribution in [0.25, 0.3) is 16.8 Å². The zero-order valence-electron chi connectivity index (χ0n) is 29.2.